The lowest BCUT2D eigenvalue weighted by molar-refractivity contribution is -0.150. The number of nitrogens with zero attached hydrogens (tertiary/aromatic N) is 3. The van der Waals surface area contributed by atoms with Crippen LogP contribution in [0.1, 0.15) is 12.0 Å². The summed E-state index contributed by atoms with van der Waals surface area (Å²) in [4.78, 5) is 36.8. The summed E-state index contributed by atoms with van der Waals surface area (Å²) in [5, 5.41) is 23.8. The van der Waals surface area contributed by atoms with E-state index in [9.17, 15) is 19.5 Å². The second-order valence-electron chi connectivity index (χ2n) is 7.22. The quantitative estimate of drug-likeness (QED) is 0.355. The standard InChI is InChI=1S/C23H16ClN3O5S2/c24-15-8-6-13(7-9-15)20-14(12-26(25-20)16-4-2-1-3-5-16)10-18-21(30)27(23(33)34-18)17(22(31)32)11-19(28)29/h1-10,12,17H,11H2,(H,28,29)(H,31,32). The summed E-state index contributed by atoms with van der Waals surface area (Å²) in [6.45, 7) is 0. The molecule has 3 aromatic rings. The van der Waals surface area contributed by atoms with Crippen LogP contribution in [0.4, 0.5) is 0 Å². The topological polar surface area (TPSA) is 113 Å². The van der Waals surface area contributed by atoms with Gasteiger partial charge in [0, 0.05) is 22.3 Å². The Morgan fingerprint density at radius 1 is 1.12 bits per heavy atom. The van der Waals surface area contributed by atoms with Gasteiger partial charge < -0.3 is 10.2 Å². The Kier molecular flexibility index (Phi) is 6.82. The molecule has 8 nitrogen and oxygen atoms in total. The van der Waals surface area contributed by atoms with Crippen molar-refractivity contribution in [2.75, 3.05) is 0 Å². The number of aromatic nitrogens is 2. The fraction of sp³-hybridized carbons (Fsp3) is 0.0870. The number of hydrogen-bond acceptors (Lipinski definition) is 6. The zero-order valence-electron chi connectivity index (χ0n) is 17.3. The first-order chi connectivity index (χ1) is 16.2. The first kappa shape index (κ1) is 23.7. The van der Waals surface area contributed by atoms with Crippen molar-refractivity contribution in [2.45, 2.75) is 12.5 Å². The molecule has 2 N–H and O–H groups in total. The van der Waals surface area contributed by atoms with Crippen molar-refractivity contribution in [1.82, 2.24) is 14.7 Å². The molecule has 0 aliphatic carbocycles. The highest BCUT2D eigenvalue weighted by Gasteiger charge is 2.41. The zero-order chi connectivity index (χ0) is 24.4. The molecule has 0 saturated carbocycles. The van der Waals surface area contributed by atoms with E-state index < -0.39 is 30.3 Å². The number of halogens is 1. The Bertz CT molecular complexity index is 1320. The molecular formula is C23H16ClN3O5S2. The Labute approximate surface area is 208 Å². The van der Waals surface area contributed by atoms with E-state index in [-0.39, 0.29) is 9.23 Å². The minimum absolute atomic E-state index is 0.0200. The van der Waals surface area contributed by atoms with Gasteiger partial charge in [0.15, 0.2) is 0 Å². The second kappa shape index (κ2) is 9.80. The molecule has 34 heavy (non-hydrogen) atoms. The highest BCUT2D eigenvalue weighted by atomic mass is 35.5. The summed E-state index contributed by atoms with van der Waals surface area (Å²) in [5.41, 5.74) is 2.73. The number of aliphatic carboxylic acids is 2. The minimum Gasteiger partial charge on any atom is -0.481 e. The van der Waals surface area contributed by atoms with Crippen molar-refractivity contribution >= 4 is 63.8 Å². The second-order valence-corrected chi connectivity index (χ2v) is 9.34. The third kappa shape index (κ3) is 4.89. The number of thioether (sulfide) groups is 1. The lowest BCUT2D eigenvalue weighted by Crippen LogP contribution is -2.45. The van der Waals surface area contributed by atoms with Crippen LogP contribution < -0.4 is 0 Å². The number of carboxylic acids is 2. The lowest BCUT2D eigenvalue weighted by Gasteiger charge is -2.21. The summed E-state index contributed by atoms with van der Waals surface area (Å²) in [7, 11) is 0. The van der Waals surface area contributed by atoms with Gasteiger partial charge >= 0.3 is 11.9 Å². The first-order valence-electron chi connectivity index (χ1n) is 9.87. The summed E-state index contributed by atoms with van der Waals surface area (Å²) < 4.78 is 1.65. The lowest BCUT2D eigenvalue weighted by atomic mass is 10.1. The summed E-state index contributed by atoms with van der Waals surface area (Å²) in [6.07, 6.45) is 2.56. The van der Waals surface area contributed by atoms with Crippen LogP contribution in [0.5, 0.6) is 0 Å². The van der Waals surface area contributed by atoms with Gasteiger partial charge in [-0.1, -0.05) is 65.9 Å². The Morgan fingerprint density at radius 3 is 2.41 bits per heavy atom. The van der Waals surface area contributed by atoms with Crippen LogP contribution in [-0.2, 0) is 14.4 Å². The predicted molar refractivity (Wildman–Crippen MR) is 133 cm³/mol. The number of rotatable bonds is 7. The molecule has 1 unspecified atom stereocenters. The molecule has 1 saturated heterocycles. The van der Waals surface area contributed by atoms with E-state index in [2.05, 4.69) is 5.10 Å². The molecule has 1 aliphatic heterocycles. The maximum absolute atomic E-state index is 13.1. The predicted octanol–water partition coefficient (Wildman–Crippen LogP) is 4.32. The third-order valence-corrected chi connectivity index (χ3v) is 6.54. The number of thiocarbonyl (C=S) groups is 1. The van der Waals surface area contributed by atoms with Gasteiger partial charge in [0.05, 0.1) is 22.7 Å². The molecular weight excluding hydrogens is 498 g/mol. The highest BCUT2D eigenvalue weighted by Crippen LogP contribution is 2.36. The van der Waals surface area contributed by atoms with E-state index in [1.807, 2.05) is 30.3 Å². The molecule has 1 aliphatic rings. The van der Waals surface area contributed by atoms with Crippen molar-refractivity contribution in [2.24, 2.45) is 0 Å². The SMILES string of the molecule is O=C(O)CC(C(=O)O)N1C(=O)C(=Cc2cn(-c3ccccc3)nc2-c2ccc(Cl)cc2)SC1=S. The van der Waals surface area contributed by atoms with Crippen LogP contribution in [-0.4, -0.2) is 53.1 Å². The highest BCUT2D eigenvalue weighted by molar-refractivity contribution is 8.26. The van der Waals surface area contributed by atoms with Gasteiger partial charge in [0.1, 0.15) is 10.4 Å². The number of carbonyl (C=O) groups excluding carboxylic acids is 1. The molecule has 0 bridgehead atoms. The average Bonchev–Trinajstić information content (AvgIpc) is 3.34. The van der Waals surface area contributed by atoms with Crippen molar-refractivity contribution in [3.05, 3.63) is 76.3 Å². The maximum atomic E-state index is 13.1. The number of hydrogen-bond donors (Lipinski definition) is 2. The van der Waals surface area contributed by atoms with Crippen LogP contribution >= 0.6 is 35.6 Å². The van der Waals surface area contributed by atoms with E-state index in [1.54, 1.807) is 41.2 Å². The summed E-state index contributed by atoms with van der Waals surface area (Å²) in [6, 6.07) is 14.9. The van der Waals surface area contributed by atoms with E-state index >= 15 is 0 Å². The molecule has 172 valence electrons. The fourth-order valence-electron chi connectivity index (χ4n) is 3.38. The van der Waals surface area contributed by atoms with E-state index in [1.165, 1.54) is 0 Å². The Morgan fingerprint density at radius 2 is 1.79 bits per heavy atom. The molecule has 2 aromatic carbocycles. The largest absolute Gasteiger partial charge is 0.481 e. The summed E-state index contributed by atoms with van der Waals surface area (Å²) in [5.74, 6) is -3.46. The number of carboxylic acid groups (broad SMARTS) is 2. The molecule has 1 aromatic heterocycles. The van der Waals surface area contributed by atoms with Gasteiger partial charge in [0.25, 0.3) is 5.91 Å². The van der Waals surface area contributed by atoms with Crippen molar-refractivity contribution in [1.29, 1.82) is 0 Å². The van der Waals surface area contributed by atoms with E-state index in [0.29, 0.717) is 16.3 Å². The monoisotopic (exact) mass is 513 g/mol. The van der Waals surface area contributed by atoms with Gasteiger partial charge in [-0.05, 0) is 30.3 Å². The average molecular weight is 514 g/mol. The smallest absolute Gasteiger partial charge is 0.327 e. The molecule has 1 atom stereocenters. The van der Waals surface area contributed by atoms with Crippen molar-refractivity contribution in [3.8, 4) is 16.9 Å². The molecule has 2 heterocycles. The molecule has 0 spiro atoms. The minimum atomic E-state index is -1.60. The number of para-hydroxylation sites is 1. The molecule has 11 heteroatoms. The number of amides is 1. The van der Waals surface area contributed by atoms with E-state index in [0.717, 1.165) is 27.9 Å². The number of benzene rings is 2. The molecule has 1 amide bonds. The van der Waals surface area contributed by atoms with Crippen LogP contribution in [0.2, 0.25) is 5.02 Å². The normalized spacial score (nSPS) is 15.7. The van der Waals surface area contributed by atoms with Gasteiger partial charge in [0.2, 0.25) is 0 Å². The third-order valence-electron chi connectivity index (χ3n) is 4.96. The first-order valence-corrected chi connectivity index (χ1v) is 11.5. The van der Waals surface area contributed by atoms with Gasteiger partial charge in [-0.25, -0.2) is 9.48 Å². The van der Waals surface area contributed by atoms with Crippen LogP contribution in [0, 0.1) is 0 Å². The van der Waals surface area contributed by atoms with Crippen molar-refractivity contribution < 1.29 is 24.6 Å². The van der Waals surface area contributed by atoms with Crippen LogP contribution in [0.3, 0.4) is 0 Å². The number of carbonyl (C=O) groups is 3. The molecule has 0 radical (unpaired) electrons. The Hall–Kier alpha value is -3.47. The zero-order valence-corrected chi connectivity index (χ0v) is 19.7. The van der Waals surface area contributed by atoms with E-state index in [4.69, 9.17) is 28.9 Å². The van der Waals surface area contributed by atoms with Gasteiger partial charge in [-0.3, -0.25) is 14.5 Å². The summed E-state index contributed by atoms with van der Waals surface area (Å²) >= 11 is 12.2. The maximum Gasteiger partial charge on any atom is 0.327 e. The van der Waals surface area contributed by atoms with Crippen LogP contribution in [0.15, 0.2) is 65.7 Å². The van der Waals surface area contributed by atoms with Gasteiger partial charge in [-0.2, -0.15) is 5.10 Å². The fourth-order valence-corrected chi connectivity index (χ4v) is 4.86. The molecule has 1 fully saturated rings. The van der Waals surface area contributed by atoms with Crippen LogP contribution in [0.25, 0.3) is 23.0 Å². The van der Waals surface area contributed by atoms with Gasteiger partial charge in [-0.15, -0.1) is 0 Å². The Balaban J connectivity index is 1.77. The van der Waals surface area contributed by atoms with Crippen molar-refractivity contribution in [3.63, 3.8) is 0 Å². The molecule has 4 rings (SSSR count).